The third kappa shape index (κ3) is 1.48. The molecule has 0 aromatic heterocycles. The molecule has 0 amide bonds. The van der Waals surface area contributed by atoms with Crippen LogP contribution in [0.4, 0.5) is 0 Å². The summed E-state index contributed by atoms with van der Waals surface area (Å²) in [5.41, 5.74) is 1.40. The van der Waals surface area contributed by atoms with Crippen LogP contribution in [0.3, 0.4) is 0 Å². The third-order valence-corrected chi connectivity index (χ3v) is 3.23. The van der Waals surface area contributed by atoms with E-state index in [9.17, 15) is 14.7 Å². The summed E-state index contributed by atoms with van der Waals surface area (Å²) in [5.74, 6) is -2.97. The number of para-hydroxylation sites is 1. The highest BCUT2D eigenvalue weighted by Gasteiger charge is 2.45. The molecular weight excluding hydrogens is 236 g/mol. The molecule has 2 aliphatic rings. The number of esters is 1. The van der Waals surface area contributed by atoms with Gasteiger partial charge in [-0.1, -0.05) is 18.2 Å². The Kier molecular flexibility index (Phi) is 2.33. The fourth-order valence-corrected chi connectivity index (χ4v) is 2.41. The molecule has 1 N–H and O–H groups in total. The van der Waals surface area contributed by atoms with Crippen LogP contribution >= 0.6 is 0 Å². The molecule has 18 heavy (non-hydrogen) atoms. The molecular formula is C13H10O5. The van der Waals surface area contributed by atoms with Crippen molar-refractivity contribution in [1.29, 1.82) is 0 Å². The van der Waals surface area contributed by atoms with Crippen molar-refractivity contribution in [3.05, 3.63) is 41.7 Å². The predicted octanol–water partition coefficient (Wildman–Crippen LogP) is 1.30. The van der Waals surface area contributed by atoms with E-state index >= 15 is 0 Å². The lowest BCUT2D eigenvalue weighted by Crippen LogP contribution is -2.38. The van der Waals surface area contributed by atoms with Crippen LogP contribution in [0.2, 0.25) is 0 Å². The van der Waals surface area contributed by atoms with Crippen LogP contribution in [-0.4, -0.2) is 23.7 Å². The zero-order valence-electron chi connectivity index (χ0n) is 9.33. The molecule has 0 aliphatic carbocycles. The summed E-state index contributed by atoms with van der Waals surface area (Å²) in [6.07, 6.45) is 1.31. The second-order valence-corrected chi connectivity index (χ2v) is 4.25. The van der Waals surface area contributed by atoms with Crippen LogP contribution in [0, 0.1) is 5.92 Å². The topological polar surface area (TPSA) is 72.8 Å². The van der Waals surface area contributed by atoms with Gasteiger partial charge in [0.2, 0.25) is 0 Å². The molecule has 5 nitrogen and oxygen atoms in total. The zero-order chi connectivity index (χ0) is 12.7. The van der Waals surface area contributed by atoms with Crippen LogP contribution in [0.5, 0.6) is 5.75 Å². The number of cyclic esters (lactones) is 1. The largest absolute Gasteiger partial charge is 0.489 e. The van der Waals surface area contributed by atoms with Gasteiger partial charge in [-0.2, -0.15) is 0 Å². The molecule has 1 aromatic rings. The van der Waals surface area contributed by atoms with Gasteiger partial charge < -0.3 is 14.6 Å². The number of carbonyl (C=O) groups is 2. The van der Waals surface area contributed by atoms with Crippen LogP contribution in [0.1, 0.15) is 11.5 Å². The van der Waals surface area contributed by atoms with Crippen molar-refractivity contribution in [1.82, 2.24) is 0 Å². The van der Waals surface area contributed by atoms with Gasteiger partial charge in [-0.3, -0.25) is 9.59 Å². The molecule has 0 radical (unpaired) electrons. The lowest BCUT2D eigenvalue weighted by Gasteiger charge is -2.33. The summed E-state index contributed by atoms with van der Waals surface area (Å²) >= 11 is 0. The Hall–Kier alpha value is -2.30. The first-order valence-corrected chi connectivity index (χ1v) is 5.52. The predicted molar refractivity (Wildman–Crippen MR) is 60.0 cm³/mol. The smallest absolute Gasteiger partial charge is 0.326 e. The molecule has 5 heteroatoms. The highest BCUT2D eigenvalue weighted by Crippen LogP contribution is 2.43. The summed E-state index contributed by atoms with van der Waals surface area (Å²) in [6, 6.07) is 7.15. The highest BCUT2D eigenvalue weighted by molar-refractivity contribution is 5.97. The van der Waals surface area contributed by atoms with E-state index in [1.807, 2.05) is 6.07 Å². The minimum absolute atomic E-state index is 0.249. The Morgan fingerprint density at radius 3 is 2.89 bits per heavy atom. The number of fused-ring (bicyclic) bond motifs is 3. The molecule has 2 aliphatic heterocycles. The Morgan fingerprint density at radius 1 is 1.33 bits per heavy atom. The molecule has 3 rings (SSSR count). The lowest BCUT2D eigenvalue weighted by atomic mass is 9.78. The van der Waals surface area contributed by atoms with Gasteiger partial charge in [-0.25, -0.2) is 0 Å². The zero-order valence-corrected chi connectivity index (χ0v) is 9.33. The summed E-state index contributed by atoms with van der Waals surface area (Å²) < 4.78 is 10.3. The van der Waals surface area contributed by atoms with Crippen LogP contribution < -0.4 is 4.74 Å². The van der Waals surface area contributed by atoms with E-state index in [1.165, 1.54) is 6.26 Å². The number of carboxylic acids is 1. The molecule has 0 saturated carbocycles. The molecule has 1 aromatic carbocycles. The Balaban J connectivity index is 2.15. The van der Waals surface area contributed by atoms with Gasteiger partial charge in [0, 0.05) is 17.1 Å². The fourth-order valence-electron chi connectivity index (χ4n) is 2.41. The van der Waals surface area contributed by atoms with E-state index in [1.54, 1.807) is 18.2 Å². The maximum Gasteiger partial charge on any atom is 0.326 e. The minimum atomic E-state index is -1.20. The lowest BCUT2D eigenvalue weighted by molar-refractivity contribution is -0.157. The van der Waals surface area contributed by atoms with E-state index in [0.717, 1.165) is 5.56 Å². The number of aliphatic carboxylic acids is 1. The molecule has 0 spiro atoms. The number of benzene rings is 1. The fraction of sp³-hybridized carbons (Fsp3) is 0.231. The number of ether oxygens (including phenoxy) is 2. The number of hydrogen-bond donors (Lipinski definition) is 1. The number of carboxylic acid groups (broad SMARTS) is 1. The SMILES string of the molecule is O=C(O)C1C(=O)OC=C2COc3ccccc3C21. The average molecular weight is 246 g/mol. The van der Waals surface area contributed by atoms with E-state index in [0.29, 0.717) is 11.3 Å². The Bertz CT molecular complexity index is 560. The molecule has 0 fully saturated rings. The summed E-state index contributed by atoms with van der Waals surface area (Å²) in [6.45, 7) is 0.249. The standard InChI is InChI=1S/C13H10O5/c14-12(15)11-10-7(6-18-13(11)16)5-17-9-4-2-1-3-8(9)10/h1-4,6,10-11H,5H2,(H,14,15). The first kappa shape index (κ1) is 10.8. The van der Waals surface area contributed by atoms with Crippen LogP contribution in [-0.2, 0) is 14.3 Å². The summed E-state index contributed by atoms with van der Waals surface area (Å²) in [4.78, 5) is 22.9. The first-order valence-electron chi connectivity index (χ1n) is 5.52. The normalized spacial score (nSPS) is 25.1. The Labute approximate surface area is 103 Å². The van der Waals surface area contributed by atoms with Crippen molar-refractivity contribution in [2.45, 2.75) is 5.92 Å². The molecule has 0 saturated heterocycles. The average Bonchev–Trinajstić information content (AvgIpc) is 2.38. The van der Waals surface area contributed by atoms with Gasteiger partial charge in [0.1, 0.15) is 12.4 Å². The second kappa shape index (κ2) is 3.87. The van der Waals surface area contributed by atoms with Crippen molar-refractivity contribution < 1.29 is 24.2 Å². The van der Waals surface area contributed by atoms with Crippen molar-refractivity contribution in [2.24, 2.45) is 5.92 Å². The number of carbonyl (C=O) groups excluding carboxylic acids is 1. The van der Waals surface area contributed by atoms with E-state index in [4.69, 9.17) is 9.47 Å². The van der Waals surface area contributed by atoms with Crippen molar-refractivity contribution >= 4 is 11.9 Å². The third-order valence-electron chi connectivity index (χ3n) is 3.23. The Morgan fingerprint density at radius 2 is 2.11 bits per heavy atom. The molecule has 0 bridgehead atoms. The second-order valence-electron chi connectivity index (χ2n) is 4.25. The molecule has 2 atom stereocenters. The summed E-state index contributed by atoms with van der Waals surface area (Å²) in [7, 11) is 0. The van der Waals surface area contributed by atoms with Crippen LogP contribution in [0.15, 0.2) is 36.1 Å². The van der Waals surface area contributed by atoms with Gasteiger partial charge in [0.05, 0.1) is 6.26 Å². The van der Waals surface area contributed by atoms with Gasteiger partial charge in [-0.05, 0) is 6.07 Å². The van der Waals surface area contributed by atoms with Gasteiger partial charge >= 0.3 is 11.9 Å². The minimum Gasteiger partial charge on any atom is -0.489 e. The maximum absolute atomic E-state index is 11.6. The van der Waals surface area contributed by atoms with E-state index < -0.39 is 23.8 Å². The van der Waals surface area contributed by atoms with Gasteiger partial charge in [0.25, 0.3) is 0 Å². The maximum atomic E-state index is 11.6. The first-order chi connectivity index (χ1) is 8.68. The van der Waals surface area contributed by atoms with E-state index in [2.05, 4.69) is 0 Å². The molecule has 92 valence electrons. The van der Waals surface area contributed by atoms with Gasteiger partial charge in [-0.15, -0.1) is 0 Å². The molecule has 2 heterocycles. The molecule has 2 unspecified atom stereocenters. The number of hydrogen-bond acceptors (Lipinski definition) is 4. The summed E-state index contributed by atoms with van der Waals surface area (Å²) in [5, 5.41) is 9.20. The van der Waals surface area contributed by atoms with Crippen molar-refractivity contribution in [3.63, 3.8) is 0 Å². The van der Waals surface area contributed by atoms with Crippen molar-refractivity contribution in [3.8, 4) is 5.75 Å². The monoisotopic (exact) mass is 246 g/mol. The van der Waals surface area contributed by atoms with E-state index in [-0.39, 0.29) is 6.61 Å². The van der Waals surface area contributed by atoms with Crippen LogP contribution in [0.25, 0.3) is 0 Å². The number of rotatable bonds is 1. The highest BCUT2D eigenvalue weighted by atomic mass is 16.5. The quantitative estimate of drug-likeness (QED) is 0.597. The van der Waals surface area contributed by atoms with Gasteiger partial charge in [0.15, 0.2) is 5.92 Å². The van der Waals surface area contributed by atoms with Crippen molar-refractivity contribution in [2.75, 3.05) is 6.61 Å².